The molecule has 1 aliphatic heterocycles. The molecule has 2 aromatic heterocycles. The SMILES string of the molecule is COCCn1ccnc1CN1CCN(c2nc(C)cnc2C)CC1. The molecule has 7 nitrogen and oxygen atoms in total. The number of nitrogens with zero attached hydrogens (tertiary/aromatic N) is 6. The molecule has 0 aromatic carbocycles. The highest BCUT2D eigenvalue weighted by Crippen LogP contribution is 2.18. The van der Waals surface area contributed by atoms with Crippen molar-refractivity contribution in [3.63, 3.8) is 0 Å². The topological polar surface area (TPSA) is 59.3 Å². The van der Waals surface area contributed by atoms with E-state index in [4.69, 9.17) is 4.74 Å². The Hall–Kier alpha value is -1.99. The van der Waals surface area contributed by atoms with Gasteiger partial charge in [-0.05, 0) is 13.8 Å². The summed E-state index contributed by atoms with van der Waals surface area (Å²) in [6.45, 7) is 10.4. The molecular weight excluding hydrogens is 304 g/mol. The lowest BCUT2D eigenvalue weighted by atomic mass is 10.3. The molecule has 0 N–H and O–H groups in total. The smallest absolute Gasteiger partial charge is 0.150 e. The Morgan fingerprint density at radius 2 is 1.92 bits per heavy atom. The van der Waals surface area contributed by atoms with Crippen LogP contribution in [0.2, 0.25) is 0 Å². The Morgan fingerprint density at radius 1 is 1.12 bits per heavy atom. The van der Waals surface area contributed by atoms with Crippen molar-refractivity contribution in [1.82, 2.24) is 24.4 Å². The van der Waals surface area contributed by atoms with Gasteiger partial charge in [-0.25, -0.2) is 9.97 Å². The summed E-state index contributed by atoms with van der Waals surface area (Å²) in [5.41, 5.74) is 1.97. The van der Waals surface area contributed by atoms with Crippen molar-refractivity contribution < 1.29 is 4.74 Å². The van der Waals surface area contributed by atoms with Crippen molar-refractivity contribution in [3.8, 4) is 0 Å². The number of anilines is 1. The first-order chi connectivity index (χ1) is 11.7. The van der Waals surface area contributed by atoms with Gasteiger partial charge in [0.15, 0.2) is 0 Å². The zero-order chi connectivity index (χ0) is 16.9. The van der Waals surface area contributed by atoms with Crippen LogP contribution in [0.4, 0.5) is 5.82 Å². The van der Waals surface area contributed by atoms with E-state index in [1.54, 1.807) is 7.11 Å². The summed E-state index contributed by atoms with van der Waals surface area (Å²) in [7, 11) is 1.73. The second-order valence-corrected chi connectivity index (χ2v) is 6.21. The predicted molar refractivity (Wildman–Crippen MR) is 93.1 cm³/mol. The highest BCUT2D eigenvalue weighted by molar-refractivity contribution is 5.43. The molecule has 24 heavy (non-hydrogen) atoms. The molecule has 0 aliphatic carbocycles. The average Bonchev–Trinajstić information content (AvgIpc) is 3.03. The summed E-state index contributed by atoms with van der Waals surface area (Å²) in [6, 6.07) is 0. The minimum absolute atomic E-state index is 0.711. The predicted octanol–water partition coefficient (Wildman–Crippen LogP) is 1.26. The molecule has 0 spiro atoms. The van der Waals surface area contributed by atoms with Crippen LogP contribution in [-0.4, -0.2) is 64.3 Å². The number of rotatable bonds is 6. The van der Waals surface area contributed by atoms with Gasteiger partial charge in [0.1, 0.15) is 11.6 Å². The molecule has 130 valence electrons. The minimum Gasteiger partial charge on any atom is -0.383 e. The molecule has 1 saturated heterocycles. The molecule has 0 radical (unpaired) electrons. The Balaban J connectivity index is 1.57. The van der Waals surface area contributed by atoms with Crippen LogP contribution < -0.4 is 4.90 Å². The second kappa shape index (κ2) is 7.72. The molecule has 3 rings (SSSR count). The van der Waals surface area contributed by atoms with E-state index in [1.165, 1.54) is 0 Å². The summed E-state index contributed by atoms with van der Waals surface area (Å²) in [6.07, 6.45) is 5.72. The Morgan fingerprint density at radius 3 is 2.67 bits per heavy atom. The van der Waals surface area contributed by atoms with Crippen molar-refractivity contribution in [2.75, 3.05) is 44.8 Å². The highest BCUT2D eigenvalue weighted by Gasteiger charge is 2.21. The summed E-state index contributed by atoms with van der Waals surface area (Å²) in [5.74, 6) is 2.13. The van der Waals surface area contributed by atoms with Gasteiger partial charge >= 0.3 is 0 Å². The molecular formula is C17H26N6O. The molecule has 1 fully saturated rings. The largest absolute Gasteiger partial charge is 0.383 e. The molecule has 0 unspecified atom stereocenters. The normalized spacial score (nSPS) is 15.9. The first-order valence-electron chi connectivity index (χ1n) is 8.44. The highest BCUT2D eigenvalue weighted by atomic mass is 16.5. The molecule has 0 amide bonds. The van der Waals surface area contributed by atoms with E-state index in [9.17, 15) is 0 Å². The van der Waals surface area contributed by atoms with Gasteiger partial charge in [0.05, 0.1) is 24.5 Å². The van der Waals surface area contributed by atoms with Crippen LogP contribution in [-0.2, 0) is 17.8 Å². The maximum atomic E-state index is 5.16. The van der Waals surface area contributed by atoms with Crippen LogP contribution in [0.5, 0.6) is 0 Å². The fraction of sp³-hybridized carbons (Fsp3) is 0.588. The van der Waals surface area contributed by atoms with Crippen molar-refractivity contribution in [1.29, 1.82) is 0 Å². The molecule has 2 aromatic rings. The minimum atomic E-state index is 0.711. The van der Waals surface area contributed by atoms with Crippen LogP contribution in [0.1, 0.15) is 17.2 Å². The van der Waals surface area contributed by atoms with E-state index >= 15 is 0 Å². The van der Waals surface area contributed by atoms with E-state index in [1.807, 2.05) is 32.4 Å². The average molecular weight is 330 g/mol. The van der Waals surface area contributed by atoms with Gasteiger partial charge in [0, 0.05) is 58.4 Å². The molecule has 7 heteroatoms. The third kappa shape index (κ3) is 3.91. The number of aryl methyl sites for hydroxylation is 2. The molecule has 1 aliphatic rings. The van der Waals surface area contributed by atoms with E-state index in [0.29, 0.717) is 6.61 Å². The van der Waals surface area contributed by atoms with E-state index in [-0.39, 0.29) is 0 Å². The van der Waals surface area contributed by atoms with Crippen molar-refractivity contribution in [2.24, 2.45) is 0 Å². The zero-order valence-corrected chi connectivity index (χ0v) is 14.8. The van der Waals surface area contributed by atoms with Crippen molar-refractivity contribution in [2.45, 2.75) is 26.9 Å². The second-order valence-electron chi connectivity index (χ2n) is 6.21. The lowest BCUT2D eigenvalue weighted by Gasteiger charge is -2.35. The van der Waals surface area contributed by atoms with Gasteiger partial charge in [0.2, 0.25) is 0 Å². The number of ether oxygens (including phenoxy) is 1. The van der Waals surface area contributed by atoms with Gasteiger partial charge < -0.3 is 14.2 Å². The summed E-state index contributed by atoms with van der Waals surface area (Å²) in [5, 5.41) is 0. The summed E-state index contributed by atoms with van der Waals surface area (Å²) in [4.78, 5) is 18.4. The van der Waals surface area contributed by atoms with Gasteiger partial charge in [-0.1, -0.05) is 0 Å². The van der Waals surface area contributed by atoms with Crippen LogP contribution in [0.25, 0.3) is 0 Å². The Kier molecular flexibility index (Phi) is 5.42. The van der Waals surface area contributed by atoms with E-state index in [0.717, 1.165) is 62.3 Å². The fourth-order valence-electron chi connectivity index (χ4n) is 3.03. The fourth-order valence-corrected chi connectivity index (χ4v) is 3.03. The lowest BCUT2D eigenvalue weighted by Crippen LogP contribution is -2.46. The standard InChI is InChI=1S/C17H26N6O/c1-14-12-19-15(2)17(20-14)23-8-6-21(7-9-23)13-16-18-4-5-22(16)10-11-24-3/h4-5,12H,6-11,13H2,1-3H3. The van der Waals surface area contributed by atoms with E-state index in [2.05, 4.69) is 29.3 Å². The lowest BCUT2D eigenvalue weighted by molar-refractivity contribution is 0.183. The first kappa shape index (κ1) is 16.9. The zero-order valence-electron chi connectivity index (χ0n) is 14.8. The first-order valence-corrected chi connectivity index (χ1v) is 8.44. The monoisotopic (exact) mass is 330 g/mol. The Labute approximate surface area is 143 Å². The third-order valence-electron chi connectivity index (χ3n) is 4.43. The van der Waals surface area contributed by atoms with Crippen LogP contribution in [0.3, 0.4) is 0 Å². The number of methoxy groups -OCH3 is 1. The van der Waals surface area contributed by atoms with Crippen molar-refractivity contribution >= 4 is 5.82 Å². The number of aromatic nitrogens is 4. The van der Waals surface area contributed by atoms with E-state index < -0.39 is 0 Å². The molecule has 0 bridgehead atoms. The Bertz CT molecular complexity index is 663. The molecule has 3 heterocycles. The third-order valence-corrected chi connectivity index (χ3v) is 4.43. The maximum Gasteiger partial charge on any atom is 0.150 e. The van der Waals surface area contributed by atoms with Gasteiger partial charge in [-0.15, -0.1) is 0 Å². The van der Waals surface area contributed by atoms with Crippen LogP contribution in [0, 0.1) is 13.8 Å². The number of piperazine rings is 1. The maximum absolute atomic E-state index is 5.16. The quantitative estimate of drug-likeness (QED) is 0.795. The van der Waals surface area contributed by atoms with Gasteiger partial charge in [0.25, 0.3) is 0 Å². The molecule has 0 atom stereocenters. The number of imidazole rings is 1. The van der Waals surface area contributed by atoms with Crippen molar-refractivity contribution in [3.05, 3.63) is 35.8 Å². The summed E-state index contributed by atoms with van der Waals surface area (Å²) < 4.78 is 7.33. The number of hydrogen-bond donors (Lipinski definition) is 0. The number of hydrogen-bond acceptors (Lipinski definition) is 6. The van der Waals surface area contributed by atoms with Gasteiger partial charge in [-0.2, -0.15) is 0 Å². The van der Waals surface area contributed by atoms with Crippen LogP contribution >= 0.6 is 0 Å². The van der Waals surface area contributed by atoms with Crippen LogP contribution in [0.15, 0.2) is 18.6 Å². The van der Waals surface area contributed by atoms with Gasteiger partial charge in [-0.3, -0.25) is 9.88 Å². The molecule has 0 saturated carbocycles. The summed E-state index contributed by atoms with van der Waals surface area (Å²) >= 11 is 0.